The van der Waals surface area contributed by atoms with Gasteiger partial charge in [-0.05, 0) is 12.5 Å². The molecule has 1 heterocycles. The number of halogens is 1. The van der Waals surface area contributed by atoms with Crippen molar-refractivity contribution in [2.45, 2.75) is 20.8 Å². The highest BCUT2D eigenvalue weighted by Gasteiger charge is 2.04. The maximum Gasteiger partial charge on any atom is 0.0416 e. The SMILES string of the molecule is C=Cc1cncc(C)c1C(=C)Cl.CC. The lowest BCUT2D eigenvalue weighted by Gasteiger charge is -2.06. The number of aryl methyl sites for hydroxylation is 1. The molecule has 76 valence electrons. The molecular weight excluding hydrogens is 194 g/mol. The fraction of sp³-hybridized carbons (Fsp3) is 0.250. The highest BCUT2D eigenvalue weighted by Crippen LogP contribution is 2.24. The lowest BCUT2D eigenvalue weighted by Crippen LogP contribution is -1.90. The molecule has 0 saturated heterocycles. The van der Waals surface area contributed by atoms with Crippen LogP contribution in [0.4, 0.5) is 0 Å². The third-order valence-corrected chi connectivity index (χ3v) is 1.84. The van der Waals surface area contributed by atoms with E-state index < -0.39 is 0 Å². The molecule has 0 unspecified atom stereocenters. The second-order valence-electron chi connectivity index (χ2n) is 2.53. The molecule has 0 bridgehead atoms. The van der Waals surface area contributed by atoms with Gasteiger partial charge >= 0.3 is 0 Å². The van der Waals surface area contributed by atoms with Gasteiger partial charge in [0.1, 0.15) is 0 Å². The van der Waals surface area contributed by atoms with Crippen molar-refractivity contribution in [3.05, 3.63) is 42.2 Å². The van der Waals surface area contributed by atoms with Crippen molar-refractivity contribution in [2.24, 2.45) is 0 Å². The normalized spacial score (nSPS) is 8.57. The average molecular weight is 210 g/mol. The molecule has 1 nitrogen and oxygen atoms in total. The molecule has 0 N–H and O–H groups in total. The summed E-state index contributed by atoms with van der Waals surface area (Å²) in [6.45, 7) is 13.3. The van der Waals surface area contributed by atoms with E-state index in [1.807, 2.05) is 20.8 Å². The first kappa shape index (κ1) is 12.9. The number of rotatable bonds is 2. The van der Waals surface area contributed by atoms with Crippen LogP contribution in [-0.4, -0.2) is 4.98 Å². The number of hydrogen-bond acceptors (Lipinski definition) is 1. The molecule has 0 aromatic carbocycles. The second kappa shape index (κ2) is 6.39. The van der Waals surface area contributed by atoms with Gasteiger partial charge in [-0.3, -0.25) is 4.98 Å². The maximum absolute atomic E-state index is 5.82. The first-order valence-electron chi connectivity index (χ1n) is 4.58. The third-order valence-electron chi connectivity index (χ3n) is 1.66. The van der Waals surface area contributed by atoms with Crippen LogP contribution < -0.4 is 0 Å². The predicted molar refractivity (Wildman–Crippen MR) is 65.3 cm³/mol. The molecule has 1 aromatic heterocycles. The van der Waals surface area contributed by atoms with E-state index in [0.29, 0.717) is 5.03 Å². The first-order chi connectivity index (χ1) is 6.66. The van der Waals surface area contributed by atoms with Gasteiger partial charge in [0.25, 0.3) is 0 Å². The summed E-state index contributed by atoms with van der Waals surface area (Å²) in [5.41, 5.74) is 2.88. The fourth-order valence-corrected chi connectivity index (χ4v) is 1.37. The molecule has 0 aliphatic heterocycles. The minimum Gasteiger partial charge on any atom is -0.264 e. The Morgan fingerprint density at radius 3 is 2.36 bits per heavy atom. The van der Waals surface area contributed by atoms with Gasteiger partial charge in [-0.1, -0.05) is 44.7 Å². The molecule has 0 spiro atoms. The molecule has 1 aromatic rings. The van der Waals surface area contributed by atoms with Crippen LogP contribution in [0.1, 0.15) is 30.5 Å². The van der Waals surface area contributed by atoms with Crippen molar-refractivity contribution >= 4 is 22.7 Å². The summed E-state index contributed by atoms with van der Waals surface area (Å²) >= 11 is 5.82. The van der Waals surface area contributed by atoms with E-state index in [1.165, 1.54) is 0 Å². The zero-order valence-electron chi connectivity index (χ0n) is 8.97. The van der Waals surface area contributed by atoms with Crippen molar-refractivity contribution < 1.29 is 0 Å². The molecular formula is C12H16ClN. The van der Waals surface area contributed by atoms with Gasteiger partial charge in [-0.2, -0.15) is 0 Å². The van der Waals surface area contributed by atoms with Crippen molar-refractivity contribution in [3.8, 4) is 0 Å². The highest BCUT2D eigenvalue weighted by atomic mass is 35.5. The summed E-state index contributed by atoms with van der Waals surface area (Å²) < 4.78 is 0. The summed E-state index contributed by atoms with van der Waals surface area (Å²) in [6.07, 6.45) is 5.21. The maximum atomic E-state index is 5.82. The molecule has 0 aliphatic carbocycles. The van der Waals surface area contributed by atoms with Crippen LogP contribution in [-0.2, 0) is 0 Å². The van der Waals surface area contributed by atoms with Gasteiger partial charge in [0, 0.05) is 28.6 Å². The monoisotopic (exact) mass is 209 g/mol. The molecule has 2 heteroatoms. The molecule has 0 saturated carbocycles. The Balaban J connectivity index is 0.000000791. The number of hydrogen-bond donors (Lipinski definition) is 0. The summed E-state index contributed by atoms with van der Waals surface area (Å²) in [4.78, 5) is 4.03. The molecule has 0 amide bonds. The molecule has 0 fully saturated rings. The summed E-state index contributed by atoms with van der Waals surface area (Å²) in [7, 11) is 0. The van der Waals surface area contributed by atoms with Gasteiger partial charge in [0.2, 0.25) is 0 Å². The third kappa shape index (κ3) is 3.00. The lowest BCUT2D eigenvalue weighted by atomic mass is 10.1. The molecule has 0 aliphatic rings. The number of pyridine rings is 1. The summed E-state index contributed by atoms with van der Waals surface area (Å²) in [5, 5.41) is 0.532. The molecule has 0 atom stereocenters. The summed E-state index contributed by atoms with van der Waals surface area (Å²) in [5.74, 6) is 0. The van der Waals surface area contributed by atoms with E-state index in [2.05, 4.69) is 18.1 Å². The van der Waals surface area contributed by atoms with Gasteiger partial charge < -0.3 is 0 Å². The van der Waals surface area contributed by atoms with Gasteiger partial charge in [0.05, 0.1) is 0 Å². The van der Waals surface area contributed by atoms with Gasteiger partial charge in [-0.15, -0.1) is 0 Å². The topological polar surface area (TPSA) is 12.9 Å². The van der Waals surface area contributed by atoms with Crippen LogP contribution in [0, 0.1) is 6.92 Å². The quantitative estimate of drug-likeness (QED) is 0.709. The van der Waals surface area contributed by atoms with Crippen LogP contribution in [0.2, 0.25) is 0 Å². The van der Waals surface area contributed by atoms with E-state index in [1.54, 1.807) is 18.5 Å². The van der Waals surface area contributed by atoms with E-state index in [4.69, 9.17) is 11.6 Å². The zero-order chi connectivity index (χ0) is 11.1. The molecule has 1 rings (SSSR count). The Hall–Kier alpha value is -1.08. The van der Waals surface area contributed by atoms with Crippen molar-refractivity contribution in [3.63, 3.8) is 0 Å². The Morgan fingerprint density at radius 1 is 1.43 bits per heavy atom. The molecule has 0 radical (unpaired) electrons. The minimum absolute atomic E-state index is 0.532. The molecule has 14 heavy (non-hydrogen) atoms. The number of nitrogens with zero attached hydrogens (tertiary/aromatic N) is 1. The Labute approximate surface area is 91.1 Å². The van der Waals surface area contributed by atoms with E-state index in [9.17, 15) is 0 Å². The predicted octanol–water partition coefficient (Wildman–Crippen LogP) is 4.27. The fourth-order valence-electron chi connectivity index (χ4n) is 1.11. The van der Waals surface area contributed by atoms with Crippen molar-refractivity contribution in [2.75, 3.05) is 0 Å². The van der Waals surface area contributed by atoms with Crippen LogP contribution in [0.15, 0.2) is 25.6 Å². The van der Waals surface area contributed by atoms with Gasteiger partial charge in [-0.25, -0.2) is 0 Å². The van der Waals surface area contributed by atoms with Crippen LogP contribution >= 0.6 is 11.6 Å². The zero-order valence-corrected chi connectivity index (χ0v) is 9.73. The van der Waals surface area contributed by atoms with E-state index >= 15 is 0 Å². The lowest BCUT2D eigenvalue weighted by molar-refractivity contribution is 1.24. The van der Waals surface area contributed by atoms with Crippen LogP contribution in [0.25, 0.3) is 11.1 Å². The smallest absolute Gasteiger partial charge is 0.0416 e. The Bertz CT molecular complexity index is 329. The largest absolute Gasteiger partial charge is 0.264 e. The average Bonchev–Trinajstić information content (AvgIpc) is 2.19. The summed E-state index contributed by atoms with van der Waals surface area (Å²) in [6, 6.07) is 0. The standard InChI is InChI=1S/C10H10ClN.C2H6/c1-4-9-6-12-5-7(2)10(9)8(3)11;1-2/h4-6H,1,3H2,2H3;1-2H3. The van der Waals surface area contributed by atoms with Gasteiger partial charge in [0.15, 0.2) is 0 Å². The van der Waals surface area contributed by atoms with Crippen molar-refractivity contribution in [1.82, 2.24) is 4.98 Å². The van der Waals surface area contributed by atoms with E-state index in [0.717, 1.165) is 16.7 Å². The van der Waals surface area contributed by atoms with Crippen LogP contribution in [0.5, 0.6) is 0 Å². The Kier molecular flexibility index (Phi) is 5.89. The first-order valence-corrected chi connectivity index (χ1v) is 4.96. The minimum atomic E-state index is 0.532. The second-order valence-corrected chi connectivity index (χ2v) is 2.99. The highest BCUT2D eigenvalue weighted by molar-refractivity contribution is 6.48. The Morgan fingerprint density at radius 2 is 2.00 bits per heavy atom. The van der Waals surface area contributed by atoms with E-state index in [-0.39, 0.29) is 0 Å². The van der Waals surface area contributed by atoms with Crippen LogP contribution in [0.3, 0.4) is 0 Å². The number of aromatic nitrogens is 1. The van der Waals surface area contributed by atoms with Crippen molar-refractivity contribution in [1.29, 1.82) is 0 Å².